The van der Waals surface area contributed by atoms with E-state index >= 15 is 0 Å². The lowest BCUT2D eigenvalue weighted by Gasteiger charge is -2.01. The molecular weight excluding hydrogens is 198 g/mol. The Balaban J connectivity index is 2.87. The van der Waals surface area contributed by atoms with E-state index in [0.717, 1.165) is 0 Å². The van der Waals surface area contributed by atoms with Crippen LogP contribution in [0.3, 0.4) is 0 Å². The molecule has 0 atom stereocenters. The topological polar surface area (TPSA) is 99.0 Å². The summed E-state index contributed by atoms with van der Waals surface area (Å²) in [6.07, 6.45) is 6.49. The molecule has 0 bridgehead atoms. The van der Waals surface area contributed by atoms with Crippen molar-refractivity contribution in [3.63, 3.8) is 0 Å². The molecule has 0 radical (unpaired) electrons. The van der Waals surface area contributed by atoms with Crippen LogP contribution in [-0.2, 0) is 6.54 Å². The summed E-state index contributed by atoms with van der Waals surface area (Å²) in [6.45, 7) is 0.178. The van der Waals surface area contributed by atoms with Gasteiger partial charge in [0.1, 0.15) is 0 Å². The van der Waals surface area contributed by atoms with Gasteiger partial charge in [-0.15, -0.1) is 11.2 Å². The van der Waals surface area contributed by atoms with Crippen molar-refractivity contribution in [2.45, 2.75) is 6.54 Å². The molecule has 0 aliphatic heterocycles. The highest BCUT2D eigenvalue weighted by Gasteiger charge is 2.12. The monoisotopic (exact) mass is 205 g/mol. The summed E-state index contributed by atoms with van der Waals surface area (Å²) < 4.78 is 1.67. The first-order valence-corrected chi connectivity index (χ1v) is 4.01. The molecule has 7 nitrogen and oxygen atoms in total. The number of hydrogen-bond donors (Lipinski definition) is 2. The summed E-state index contributed by atoms with van der Waals surface area (Å²) in [5, 5.41) is 9.24. The van der Waals surface area contributed by atoms with Crippen molar-refractivity contribution in [3.8, 4) is 12.3 Å². The number of aromatic nitrogens is 4. The first kappa shape index (κ1) is 9.08. The summed E-state index contributed by atoms with van der Waals surface area (Å²) in [4.78, 5) is 19.2. The lowest BCUT2D eigenvalue weighted by molar-refractivity contribution is 0.180. The molecule has 0 unspecified atom stereocenters. The van der Waals surface area contributed by atoms with Crippen LogP contribution in [-0.4, -0.2) is 24.5 Å². The smallest absolute Gasteiger partial charge is 0.314 e. The number of nitrogens with two attached hydrogens (primary N) is 1. The number of nitrogen functional groups attached to an aromatic ring is 1. The zero-order valence-corrected chi connectivity index (χ0v) is 7.58. The Bertz CT molecular complexity index is 618. The molecule has 0 fully saturated rings. The highest BCUT2D eigenvalue weighted by atomic mass is 16.5. The maximum atomic E-state index is 11.6. The van der Waals surface area contributed by atoms with Gasteiger partial charge in [-0.1, -0.05) is 5.92 Å². The van der Waals surface area contributed by atoms with Crippen molar-refractivity contribution in [3.05, 3.63) is 16.7 Å². The van der Waals surface area contributed by atoms with Gasteiger partial charge in [0.05, 0.1) is 12.9 Å². The molecule has 15 heavy (non-hydrogen) atoms. The van der Waals surface area contributed by atoms with Crippen LogP contribution in [0, 0.1) is 12.3 Å². The van der Waals surface area contributed by atoms with Crippen molar-refractivity contribution in [1.82, 2.24) is 19.3 Å². The molecule has 0 aliphatic carbocycles. The van der Waals surface area contributed by atoms with Crippen molar-refractivity contribution in [2.24, 2.45) is 0 Å². The summed E-state index contributed by atoms with van der Waals surface area (Å²) in [6, 6.07) is 0. The minimum absolute atomic E-state index is 0.129. The van der Waals surface area contributed by atoms with Crippen molar-refractivity contribution >= 4 is 17.1 Å². The van der Waals surface area contributed by atoms with E-state index in [-0.39, 0.29) is 28.4 Å². The quantitative estimate of drug-likeness (QED) is 0.461. The lowest BCUT2D eigenvalue weighted by atomic mass is 10.5. The van der Waals surface area contributed by atoms with Gasteiger partial charge in [0.2, 0.25) is 5.95 Å². The van der Waals surface area contributed by atoms with Crippen molar-refractivity contribution in [1.29, 1.82) is 0 Å². The van der Waals surface area contributed by atoms with Gasteiger partial charge in [-0.2, -0.15) is 4.98 Å². The van der Waals surface area contributed by atoms with Crippen LogP contribution < -0.4 is 11.3 Å². The number of nitrogens with zero attached hydrogens (tertiary/aromatic N) is 4. The lowest BCUT2D eigenvalue weighted by Crippen LogP contribution is -2.23. The number of rotatable bonds is 1. The molecule has 0 saturated carbocycles. The second-order valence-corrected chi connectivity index (χ2v) is 2.84. The Labute approximate surface area is 83.7 Å². The Kier molecular flexibility index (Phi) is 1.83. The van der Waals surface area contributed by atoms with Gasteiger partial charge in [0, 0.05) is 0 Å². The second kappa shape index (κ2) is 3.02. The van der Waals surface area contributed by atoms with Gasteiger partial charge in [-0.3, -0.25) is 4.79 Å². The Hall–Kier alpha value is -2.49. The fraction of sp³-hybridized carbons (Fsp3) is 0.125. The number of anilines is 1. The Morgan fingerprint density at radius 3 is 3.07 bits per heavy atom. The molecule has 0 aromatic carbocycles. The predicted molar refractivity (Wildman–Crippen MR) is 52.2 cm³/mol. The van der Waals surface area contributed by atoms with E-state index in [4.69, 9.17) is 12.2 Å². The molecule has 0 aliphatic rings. The standard InChI is InChI=1S/C8H7N5O2/c1-2-3-12-4-10-6-5(12)7(14)13(15)8(9)11-6/h1,4,15H,3H2,(H2,9,11). The first-order valence-electron chi connectivity index (χ1n) is 4.01. The molecule has 0 spiro atoms. The predicted octanol–water partition coefficient (Wildman–Crippen LogP) is -0.954. The SMILES string of the molecule is C#CCn1cnc2nc(N)n(O)c(=O)c21. The molecule has 76 valence electrons. The van der Waals surface area contributed by atoms with E-state index in [9.17, 15) is 10.0 Å². The van der Waals surface area contributed by atoms with Crippen LogP contribution in [0.4, 0.5) is 5.95 Å². The number of hydrogen-bond acceptors (Lipinski definition) is 5. The van der Waals surface area contributed by atoms with Crippen molar-refractivity contribution < 1.29 is 5.21 Å². The molecule has 2 heterocycles. The number of imidazole rings is 1. The van der Waals surface area contributed by atoms with E-state index < -0.39 is 5.56 Å². The molecule has 2 aromatic heterocycles. The highest BCUT2D eigenvalue weighted by molar-refractivity contribution is 5.70. The van der Waals surface area contributed by atoms with Gasteiger partial charge in [0.15, 0.2) is 11.2 Å². The van der Waals surface area contributed by atoms with E-state index in [2.05, 4.69) is 15.9 Å². The Morgan fingerprint density at radius 1 is 1.67 bits per heavy atom. The van der Waals surface area contributed by atoms with E-state index in [1.807, 2.05) is 0 Å². The first-order chi connectivity index (χ1) is 7.15. The third kappa shape index (κ3) is 1.20. The number of terminal acetylenes is 1. The fourth-order valence-corrected chi connectivity index (χ4v) is 1.25. The average molecular weight is 205 g/mol. The molecular formula is C8H7N5O2. The summed E-state index contributed by atoms with van der Waals surface area (Å²) in [7, 11) is 0. The van der Waals surface area contributed by atoms with Crippen LogP contribution in [0.25, 0.3) is 11.2 Å². The zero-order valence-electron chi connectivity index (χ0n) is 7.58. The van der Waals surface area contributed by atoms with Crippen LogP contribution in [0.15, 0.2) is 11.1 Å². The molecule has 0 saturated heterocycles. The largest absolute Gasteiger partial charge is 0.422 e. The molecule has 3 N–H and O–H groups in total. The minimum atomic E-state index is -0.690. The van der Waals surface area contributed by atoms with Gasteiger partial charge < -0.3 is 15.5 Å². The van der Waals surface area contributed by atoms with Crippen LogP contribution in [0.2, 0.25) is 0 Å². The van der Waals surface area contributed by atoms with E-state index in [0.29, 0.717) is 0 Å². The third-order valence-electron chi connectivity index (χ3n) is 1.91. The average Bonchev–Trinajstić information content (AvgIpc) is 2.59. The van der Waals surface area contributed by atoms with E-state index in [1.165, 1.54) is 10.9 Å². The van der Waals surface area contributed by atoms with Gasteiger partial charge >= 0.3 is 5.56 Å². The van der Waals surface area contributed by atoms with Crippen molar-refractivity contribution in [2.75, 3.05) is 5.73 Å². The third-order valence-corrected chi connectivity index (χ3v) is 1.91. The van der Waals surface area contributed by atoms with Gasteiger partial charge in [-0.05, 0) is 0 Å². The second-order valence-electron chi connectivity index (χ2n) is 2.84. The Morgan fingerprint density at radius 2 is 2.40 bits per heavy atom. The summed E-state index contributed by atoms with van der Waals surface area (Å²) >= 11 is 0. The summed E-state index contributed by atoms with van der Waals surface area (Å²) in [5.74, 6) is 2.05. The maximum Gasteiger partial charge on any atom is 0.314 e. The van der Waals surface area contributed by atoms with Gasteiger partial charge in [0.25, 0.3) is 0 Å². The van der Waals surface area contributed by atoms with Gasteiger partial charge in [-0.25, -0.2) is 4.98 Å². The normalized spacial score (nSPS) is 10.3. The fourth-order valence-electron chi connectivity index (χ4n) is 1.25. The van der Waals surface area contributed by atoms with Crippen LogP contribution >= 0.6 is 0 Å². The molecule has 2 aromatic rings. The number of fused-ring (bicyclic) bond motifs is 1. The van der Waals surface area contributed by atoms with Crippen LogP contribution in [0.1, 0.15) is 0 Å². The van der Waals surface area contributed by atoms with E-state index in [1.54, 1.807) is 0 Å². The summed E-state index contributed by atoms with van der Waals surface area (Å²) in [5.41, 5.74) is 4.89. The van der Waals surface area contributed by atoms with Crippen LogP contribution in [0.5, 0.6) is 0 Å². The molecule has 0 amide bonds. The molecule has 7 heteroatoms. The molecule has 2 rings (SSSR count). The zero-order chi connectivity index (χ0) is 11.0. The maximum absolute atomic E-state index is 11.6. The minimum Gasteiger partial charge on any atom is -0.422 e. The highest BCUT2D eigenvalue weighted by Crippen LogP contribution is 2.06.